The first kappa shape index (κ1) is 30.2. The highest BCUT2D eigenvalue weighted by Crippen LogP contribution is 2.23. The number of ether oxygens (including phenoxy) is 5. The van der Waals surface area contributed by atoms with E-state index in [0.29, 0.717) is 46.2 Å². The minimum Gasteiger partial charge on any atom is -0.458 e. The molecule has 34 heavy (non-hydrogen) atoms. The van der Waals surface area contributed by atoms with E-state index in [1.807, 2.05) is 20.8 Å². The third-order valence-electron chi connectivity index (χ3n) is 5.07. The summed E-state index contributed by atoms with van der Waals surface area (Å²) in [6.07, 6.45) is 3.54. The van der Waals surface area contributed by atoms with Crippen LogP contribution in [0.15, 0.2) is 12.1 Å². The second-order valence-corrected chi connectivity index (χ2v) is 9.08. The van der Waals surface area contributed by atoms with Crippen LogP contribution in [0.2, 0.25) is 0 Å². The fourth-order valence-corrected chi connectivity index (χ4v) is 3.66. The zero-order chi connectivity index (χ0) is 25.4. The molecule has 7 nitrogen and oxygen atoms in total. The van der Waals surface area contributed by atoms with E-state index < -0.39 is 5.60 Å². The number of benzene rings is 1. The van der Waals surface area contributed by atoms with Crippen LogP contribution in [0.4, 0.5) is 0 Å². The van der Waals surface area contributed by atoms with Gasteiger partial charge in [0.05, 0.1) is 39.6 Å². The highest BCUT2D eigenvalue weighted by atomic mass is 16.6. The molecule has 0 spiro atoms. The molecule has 1 aromatic rings. The van der Waals surface area contributed by atoms with Crippen LogP contribution in [0.3, 0.4) is 0 Å². The average molecular weight is 481 g/mol. The van der Waals surface area contributed by atoms with Gasteiger partial charge in [0.25, 0.3) is 0 Å². The van der Waals surface area contributed by atoms with Crippen LogP contribution in [0, 0.1) is 0 Å². The Morgan fingerprint density at radius 3 is 1.79 bits per heavy atom. The summed E-state index contributed by atoms with van der Waals surface area (Å²) in [5.41, 5.74) is 3.98. The van der Waals surface area contributed by atoms with Crippen LogP contribution >= 0.6 is 0 Å². The molecule has 0 atom stereocenters. The van der Waals surface area contributed by atoms with Gasteiger partial charge < -0.3 is 23.7 Å². The van der Waals surface area contributed by atoms with E-state index in [1.165, 1.54) is 11.1 Å². The highest BCUT2D eigenvalue weighted by Gasteiger charge is 2.16. The largest absolute Gasteiger partial charge is 0.458 e. The molecular formula is C27H44O7. The number of Topliss-reactive ketones (excluding diaryl/α,β-unsaturated/α-hetero) is 1. The fourth-order valence-electron chi connectivity index (χ4n) is 3.66. The molecule has 1 aromatic carbocycles. The van der Waals surface area contributed by atoms with Gasteiger partial charge in [0.15, 0.2) is 5.78 Å². The van der Waals surface area contributed by atoms with Gasteiger partial charge in [0.1, 0.15) is 12.2 Å². The zero-order valence-corrected chi connectivity index (χ0v) is 22.0. The van der Waals surface area contributed by atoms with E-state index >= 15 is 0 Å². The van der Waals surface area contributed by atoms with E-state index in [2.05, 4.69) is 26.0 Å². The standard InChI is InChI=1S/C27H44O7/c1-7-22-11-12-23(24(8-2)26(22)21(3)28)10-9-13-30-14-15-31-16-17-32-18-19-33-20-25(29)34-27(4,5)6/h11-12H,7-10,13-20H2,1-6H3. The zero-order valence-electron chi connectivity index (χ0n) is 22.0. The van der Waals surface area contributed by atoms with Gasteiger partial charge in [0.2, 0.25) is 0 Å². The number of aryl methyl sites for hydroxylation is 2. The second-order valence-electron chi connectivity index (χ2n) is 9.08. The van der Waals surface area contributed by atoms with Gasteiger partial charge in [-0.2, -0.15) is 0 Å². The van der Waals surface area contributed by atoms with Crippen LogP contribution in [0.25, 0.3) is 0 Å². The molecule has 0 aliphatic heterocycles. The molecule has 0 saturated carbocycles. The Hall–Kier alpha value is -1.80. The van der Waals surface area contributed by atoms with Gasteiger partial charge in [-0.1, -0.05) is 26.0 Å². The number of esters is 1. The molecule has 7 heteroatoms. The molecule has 194 valence electrons. The molecule has 0 unspecified atom stereocenters. The van der Waals surface area contributed by atoms with Crippen LogP contribution in [-0.2, 0) is 47.7 Å². The summed E-state index contributed by atoms with van der Waals surface area (Å²) < 4.78 is 27.0. The van der Waals surface area contributed by atoms with Crippen molar-refractivity contribution in [3.63, 3.8) is 0 Å². The maximum atomic E-state index is 12.1. The molecule has 0 heterocycles. The maximum Gasteiger partial charge on any atom is 0.332 e. The van der Waals surface area contributed by atoms with Crippen LogP contribution in [-0.4, -0.2) is 70.2 Å². The van der Waals surface area contributed by atoms with Crippen molar-refractivity contribution in [3.8, 4) is 0 Å². The quantitative estimate of drug-likeness (QED) is 0.175. The molecule has 0 radical (unpaired) electrons. The Bertz CT molecular complexity index is 737. The molecule has 0 bridgehead atoms. The molecule has 0 aromatic heterocycles. The molecule has 1 rings (SSSR count). The van der Waals surface area contributed by atoms with E-state index in [9.17, 15) is 9.59 Å². The Morgan fingerprint density at radius 1 is 0.765 bits per heavy atom. The summed E-state index contributed by atoms with van der Waals surface area (Å²) in [6.45, 7) is 14.6. The van der Waals surface area contributed by atoms with E-state index in [4.69, 9.17) is 23.7 Å². The van der Waals surface area contributed by atoms with Crippen molar-refractivity contribution in [1.29, 1.82) is 0 Å². The molecule has 0 aliphatic carbocycles. The molecule has 0 amide bonds. The summed E-state index contributed by atoms with van der Waals surface area (Å²) in [4.78, 5) is 23.6. The highest BCUT2D eigenvalue weighted by molar-refractivity contribution is 5.97. The normalized spacial score (nSPS) is 11.6. The van der Waals surface area contributed by atoms with Crippen molar-refractivity contribution in [2.45, 2.75) is 72.8 Å². The van der Waals surface area contributed by atoms with Crippen molar-refractivity contribution in [2.24, 2.45) is 0 Å². The summed E-state index contributed by atoms with van der Waals surface area (Å²) in [6, 6.07) is 4.25. The molecule has 0 saturated heterocycles. The summed E-state index contributed by atoms with van der Waals surface area (Å²) in [5.74, 6) is -0.224. The van der Waals surface area contributed by atoms with E-state index in [0.717, 1.165) is 36.8 Å². The van der Waals surface area contributed by atoms with Gasteiger partial charge in [-0.05, 0) is 70.1 Å². The molecular weight excluding hydrogens is 436 g/mol. The Labute approximate surface area is 205 Å². The lowest BCUT2D eigenvalue weighted by Gasteiger charge is -2.19. The minimum absolute atomic E-state index is 0.0732. The number of hydrogen-bond acceptors (Lipinski definition) is 7. The average Bonchev–Trinajstić information content (AvgIpc) is 2.77. The second kappa shape index (κ2) is 16.8. The van der Waals surface area contributed by atoms with Gasteiger partial charge in [-0.25, -0.2) is 4.79 Å². The predicted octanol–water partition coefficient (Wildman–Crippen LogP) is 4.35. The first-order chi connectivity index (χ1) is 16.2. The minimum atomic E-state index is -0.502. The lowest BCUT2D eigenvalue weighted by molar-refractivity contribution is -0.160. The smallest absolute Gasteiger partial charge is 0.332 e. The first-order valence-electron chi connectivity index (χ1n) is 12.4. The maximum absolute atomic E-state index is 12.1. The summed E-state index contributed by atoms with van der Waals surface area (Å²) in [5, 5.41) is 0. The van der Waals surface area contributed by atoms with Crippen molar-refractivity contribution in [3.05, 3.63) is 34.4 Å². The van der Waals surface area contributed by atoms with Crippen LogP contribution in [0.1, 0.15) is 75.0 Å². The lowest BCUT2D eigenvalue weighted by Crippen LogP contribution is -2.27. The van der Waals surface area contributed by atoms with Gasteiger partial charge in [0, 0.05) is 12.2 Å². The number of rotatable bonds is 18. The SMILES string of the molecule is CCc1ccc(CCCOCCOCCOCCOCC(=O)OC(C)(C)C)c(CC)c1C(C)=O. The Kier molecular flexibility index (Phi) is 14.9. The lowest BCUT2D eigenvalue weighted by atomic mass is 9.89. The third-order valence-corrected chi connectivity index (χ3v) is 5.07. The predicted molar refractivity (Wildman–Crippen MR) is 133 cm³/mol. The van der Waals surface area contributed by atoms with Crippen molar-refractivity contribution >= 4 is 11.8 Å². The van der Waals surface area contributed by atoms with Crippen LogP contribution < -0.4 is 0 Å². The van der Waals surface area contributed by atoms with Gasteiger partial charge >= 0.3 is 5.97 Å². The van der Waals surface area contributed by atoms with Crippen molar-refractivity contribution in [2.75, 3.05) is 52.9 Å². The fraction of sp³-hybridized carbons (Fsp3) is 0.704. The van der Waals surface area contributed by atoms with Crippen LogP contribution in [0.5, 0.6) is 0 Å². The van der Waals surface area contributed by atoms with Crippen molar-refractivity contribution < 1.29 is 33.3 Å². The topological polar surface area (TPSA) is 80.3 Å². The first-order valence-corrected chi connectivity index (χ1v) is 12.4. The van der Waals surface area contributed by atoms with Gasteiger partial charge in [-0.15, -0.1) is 0 Å². The van der Waals surface area contributed by atoms with E-state index in [1.54, 1.807) is 6.92 Å². The Balaban J connectivity index is 2.06. The molecule has 0 fully saturated rings. The van der Waals surface area contributed by atoms with E-state index in [-0.39, 0.29) is 18.4 Å². The number of hydrogen-bond donors (Lipinski definition) is 0. The number of ketones is 1. The summed E-state index contributed by atoms with van der Waals surface area (Å²) >= 11 is 0. The molecule has 0 N–H and O–H groups in total. The van der Waals surface area contributed by atoms with Gasteiger partial charge in [-0.3, -0.25) is 4.79 Å². The molecule has 0 aliphatic rings. The third kappa shape index (κ3) is 12.6. The summed E-state index contributed by atoms with van der Waals surface area (Å²) in [7, 11) is 0. The monoisotopic (exact) mass is 480 g/mol. The Morgan fingerprint density at radius 2 is 1.29 bits per heavy atom. The number of carbonyl (C=O) groups is 2. The van der Waals surface area contributed by atoms with Crippen molar-refractivity contribution in [1.82, 2.24) is 0 Å². The number of carbonyl (C=O) groups excluding carboxylic acids is 2.